The van der Waals surface area contributed by atoms with E-state index in [-0.39, 0.29) is 6.61 Å². The molecule has 0 aromatic carbocycles. The smallest absolute Gasteiger partial charge is 0.196 e. The molecule has 0 unspecified atom stereocenters. The first kappa shape index (κ1) is 17.6. The molecule has 0 amide bonds. The number of aromatic nitrogens is 3. The third-order valence-corrected chi connectivity index (χ3v) is 7.91. The van der Waals surface area contributed by atoms with Gasteiger partial charge in [0.05, 0.1) is 13.2 Å². The summed E-state index contributed by atoms with van der Waals surface area (Å²) < 4.78 is 17.9. The van der Waals surface area contributed by atoms with Crippen molar-refractivity contribution in [3.05, 3.63) is 73.2 Å². The number of nitrogens with zero attached hydrogens (tertiary/aromatic N) is 3. The molecular weight excluding hydrogens is 335 g/mol. The van der Waals surface area contributed by atoms with Gasteiger partial charge in [-0.15, -0.1) is 0 Å². The molecule has 0 saturated carbocycles. The Morgan fingerprint density at radius 2 is 1.20 bits per heavy atom. The zero-order valence-corrected chi connectivity index (χ0v) is 14.7. The third-order valence-electron chi connectivity index (χ3n) is 3.91. The van der Waals surface area contributed by atoms with E-state index in [9.17, 15) is 4.39 Å². The molecule has 0 spiro atoms. The summed E-state index contributed by atoms with van der Waals surface area (Å²) in [4.78, 5) is 13.9. The van der Waals surface area contributed by atoms with Crippen LogP contribution in [0.4, 0.5) is 4.39 Å². The molecule has 25 heavy (non-hydrogen) atoms. The average Bonchev–Trinajstić information content (AvgIpc) is 2.70. The molecule has 0 radical (unpaired) electrons. The molecule has 0 fully saturated rings. The first-order valence-corrected chi connectivity index (χ1v) is 10.1. The van der Waals surface area contributed by atoms with E-state index in [1.165, 1.54) is 0 Å². The molecule has 0 aliphatic heterocycles. The largest absolute Gasteiger partial charge is 0.375 e. The summed E-state index contributed by atoms with van der Waals surface area (Å²) in [5, 5.41) is 0. The van der Waals surface area contributed by atoms with Crippen molar-refractivity contribution in [3.8, 4) is 0 Å². The van der Waals surface area contributed by atoms with Crippen LogP contribution in [0.5, 0.6) is 0 Å². The van der Waals surface area contributed by atoms with Gasteiger partial charge in [0.1, 0.15) is 12.8 Å². The van der Waals surface area contributed by atoms with Crippen LogP contribution in [-0.4, -0.2) is 41.0 Å². The number of ether oxygens (including phenoxy) is 1. The minimum absolute atomic E-state index is 0.104. The Balaban J connectivity index is 2.13. The van der Waals surface area contributed by atoms with Gasteiger partial charge in [-0.05, 0) is 18.2 Å². The number of hydrogen-bond acceptors (Lipinski definition) is 4. The molecular formula is C19H20FN3OP+. The van der Waals surface area contributed by atoms with Crippen LogP contribution in [0.1, 0.15) is 0 Å². The highest BCUT2D eigenvalue weighted by atomic mass is 31.2. The predicted molar refractivity (Wildman–Crippen MR) is 100 cm³/mol. The summed E-state index contributed by atoms with van der Waals surface area (Å²) >= 11 is 0. The molecule has 3 rings (SSSR count). The van der Waals surface area contributed by atoms with Crippen LogP contribution in [0.2, 0.25) is 0 Å². The summed E-state index contributed by atoms with van der Waals surface area (Å²) in [6, 6.07) is 17.7. The first-order chi connectivity index (χ1) is 12.4. The van der Waals surface area contributed by atoms with Gasteiger partial charge in [-0.2, -0.15) is 0 Å². The maximum Gasteiger partial charge on any atom is 0.196 e. The molecule has 0 aliphatic carbocycles. The van der Waals surface area contributed by atoms with Crippen molar-refractivity contribution in [3.63, 3.8) is 0 Å². The highest BCUT2D eigenvalue weighted by molar-refractivity contribution is 7.95. The summed E-state index contributed by atoms with van der Waals surface area (Å²) in [7, 11) is -2.17. The molecule has 3 aromatic heterocycles. The molecule has 6 heteroatoms. The minimum Gasteiger partial charge on any atom is -0.375 e. The maximum atomic E-state index is 12.4. The molecule has 0 N–H and O–H groups in total. The van der Waals surface area contributed by atoms with Gasteiger partial charge in [0.2, 0.25) is 0 Å². The van der Waals surface area contributed by atoms with Crippen molar-refractivity contribution >= 4 is 23.6 Å². The van der Waals surface area contributed by atoms with Crippen molar-refractivity contribution in [2.45, 2.75) is 0 Å². The molecule has 3 aromatic rings. The number of alkyl halides is 1. The third kappa shape index (κ3) is 3.89. The van der Waals surface area contributed by atoms with E-state index in [1.54, 1.807) is 18.6 Å². The van der Waals surface area contributed by atoms with Gasteiger partial charge in [-0.1, -0.05) is 18.2 Å². The molecule has 3 heterocycles. The van der Waals surface area contributed by atoms with Crippen molar-refractivity contribution in [1.29, 1.82) is 0 Å². The Labute approximate surface area is 147 Å². The highest BCUT2D eigenvalue weighted by Crippen LogP contribution is 2.53. The lowest BCUT2D eigenvalue weighted by Crippen LogP contribution is -2.38. The van der Waals surface area contributed by atoms with Crippen molar-refractivity contribution in [1.82, 2.24) is 15.0 Å². The fourth-order valence-electron chi connectivity index (χ4n) is 2.79. The van der Waals surface area contributed by atoms with Gasteiger partial charge < -0.3 is 4.74 Å². The second kappa shape index (κ2) is 8.75. The van der Waals surface area contributed by atoms with Crippen LogP contribution in [0, 0.1) is 0 Å². The lowest BCUT2D eigenvalue weighted by Gasteiger charge is -2.23. The average molecular weight is 355 g/mol. The lowest BCUT2D eigenvalue weighted by atomic mass is 10.5. The Bertz CT molecular complexity index is 663. The Hall–Kier alpha value is -2.23. The van der Waals surface area contributed by atoms with Gasteiger partial charge in [0.15, 0.2) is 23.6 Å². The van der Waals surface area contributed by atoms with Crippen LogP contribution in [0.3, 0.4) is 0 Å². The molecule has 128 valence electrons. The normalized spacial score (nSPS) is 11.4. The number of pyridine rings is 3. The van der Waals surface area contributed by atoms with Gasteiger partial charge >= 0.3 is 0 Å². The Kier molecular flexibility index (Phi) is 6.15. The van der Waals surface area contributed by atoms with E-state index in [4.69, 9.17) is 4.74 Å². The van der Waals surface area contributed by atoms with Crippen molar-refractivity contribution < 1.29 is 9.13 Å². The summed E-state index contributed by atoms with van der Waals surface area (Å²) in [6.07, 6.45) is 6.05. The van der Waals surface area contributed by atoms with Crippen LogP contribution in [-0.2, 0) is 4.74 Å². The zero-order chi connectivity index (χ0) is 17.4. The molecule has 0 aliphatic rings. The standard InChI is InChI=1S/C19H20FN3OP/c20-10-14-24-15-16-25(17-7-1-4-11-21-17,18-8-2-5-12-22-18)19-9-3-6-13-23-19/h1-9,11-13H,10,14-16H2/q+1/i20-1. The molecule has 0 saturated heterocycles. The monoisotopic (exact) mass is 355 g/mol. The fourth-order valence-corrected chi connectivity index (χ4v) is 6.40. The van der Waals surface area contributed by atoms with Gasteiger partial charge in [-0.25, -0.2) is 19.3 Å². The number of rotatable bonds is 8. The van der Waals surface area contributed by atoms with E-state index in [0.717, 1.165) is 16.3 Å². The first-order valence-electron chi connectivity index (χ1n) is 8.14. The van der Waals surface area contributed by atoms with Crippen molar-refractivity contribution in [2.75, 3.05) is 26.1 Å². The van der Waals surface area contributed by atoms with E-state index in [2.05, 4.69) is 15.0 Å². The Morgan fingerprint density at radius 1 is 0.720 bits per heavy atom. The van der Waals surface area contributed by atoms with E-state index >= 15 is 0 Å². The van der Waals surface area contributed by atoms with E-state index in [1.807, 2.05) is 54.6 Å². The lowest BCUT2D eigenvalue weighted by molar-refractivity contribution is 0.132. The van der Waals surface area contributed by atoms with Crippen LogP contribution >= 0.6 is 7.26 Å². The number of halogens is 1. The van der Waals surface area contributed by atoms with Gasteiger partial charge in [-0.3, -0.25) is 0 Å². The van der Waals surface area contributed by atoms with Crippen molar-refractivity contribution in [2.24, 2.45) is 0 Å². The minimum atomic E-state index is -2.17. The van der Waals surface area contributed by atoms with E-state index in [0.29, 0.717) is 12.8 Å². The second-order valence-corrected chi connectivity index (χ2v) is 8.84. The molecule has 4 nitrogen and oxygen atoms in total. The SMILES string of the molecule is [18F]CCOCC[P+](c1ccccn1)(c1ccccn1)c1ccccn1. The van der Waals surface area contributed by atoms with E-state index < -0.39 is 13.9 Å². The van der Waals surface area contributed by atoms with Gasteiger partial charge in [0, 0.05) is 36.8 Å². The summed E-state index contributed by atoms with van der Waals surface area (Å²) in [5.74, 6) is 0. The molecule has 0 atom stereocenters. The topological polar surface area (TPSA) is 47.9 Å². The summed E-state index contributed by atoms with van der Waals surface area (Å²) in [5.41, 5.74) is 2.86. The van der Waals surface area contributed by atoms with Crippen LogP contribution < -0.4 is 16.3 Å². The second-order valence-electron chi connectivity index (χ2n) is 5.40. The number of hydrogen-bond donors (Lipinski definition) is 0. The fraction of sp³-hybridized carbons (Fsp3) is 0.211. The summed E-state index contributed by atoms with van der Waals surface area (Å²) in [6.45, 7) is 0.0519. The zero-order valence-electron chi connectivity index (χ0n) is 13.8. The molecule has 0 bridgehead atoms. The Morgan fingerprint density at radius 3 is 1.56 bits per heavy atom. The van der Waals surface area contributed by atoms with Crippen LogP contribution in [0.25, 0.3) is 0 Å². The quantitative estimate of drug-likeness (QED) is 0.459. The van der Waals surface area contributed by atoms with Gasteiger partial charge in [0.25, 0.3) is 0 Å². The predicted octanol–water partition coefficient (Wildman–Crippen LogP) is 2.15. The maximum absolute atomic E-state index is 12.4. The highest BCUT2D eigenvalue weighted by Gasteiger charge is 2.49. The van der Waals surface area contributed by atoms with Crippen LogP contribution in [0.15, 0.2) is 73.2 Å².